The monoisotopic (exact) mass is 417 g/mol. The van der Waals surface area contributed by atoms with Gasteiger partial charge in [-0.15, -0.1) is 0 Å². The van der Waals surface area contributed by atoms with Crippen molar-refractivity contribution in [3.63, 3.8) is 0 Å². The van der Waals surface area contributed by atoms with Crippen molar-refractivity contribution < 1.29 is 28.6 Å². The third-order valence-corrected chi connectivity index (χ3v) is 6.73. The van der Waals surface area contributed by atoms with Crippen molar-refractivity contribution in [3.8, 4) is 0 Å². The molecular formula is C21H27NO6Si. The van der Waals surface area contributed by atoms with E-state index in [-0.39, 0.29) is 30.1 Å². The van der Waals surface area contributed by atoms with Crippen LogP contribution in [0.1, 0.15) is 27.6 Å². The van der Waals surface area contributed by atoms with Crippen LogP contribution in [0.5, 0.6) is 0 Å². The molecule has 2 aliphatic heterocycles. The molecule has 0 aliphatic carbocycles. The summed E-state index contributed by atoms with van der Waals surface area (Å²) in [6.07, 6.45) is 0.778. The molecule has 0 radical (unpaired) electrons. The van der Waals surface area contributed by atoms with E-state index in [0.29, 0.717) is 11.1 Å². The summed E-state index contributed by atoms with van der Waals surface area (Å²) in [7, 11) is -0.143. The molecule has 0 unspecified atom stereocenters. The van der Waals surface area contributed by atoms with E-state index >= 15 is 0 Å². The summed E-state index contributed by atoms with van der Waals surface area (Å²) in [5.74, 6) is -1.69. The van der Waals surface area contributed by atoms with Gasteiger partial charge in [-0.1, -0.05) is 31.8 Å². The van der Waals surface area contributed by atoms with Crippen LogP contribution in [0.2, 0.25) is 25.7 Å². The number of esters is 1. The Morgan fingerprint density at radius 3 is 2.21 bits per heavy atom. The van der Waals surface area contributed by atoms with Gasteiger partial charge in [-0.25, -0.2) is 4.79 Å². The zero-order valence-corrected chi connectivity index (χ0v) is 18.4. The van der Waals surface area contributed by atoms with Crippen molar-refractivity contribution in [3.05, 3.63) is 47.2 Å². The van der Waals surface area contributed by atoms with Gasteiger partial charge in [0, 0.05) is 21.1 Å². The summed E-state index contributed by atoms with van der Waals surface area (Å²) in [6, 6.07) is 6.84. The Balaban J connectivity index is 2.07. The van der Waals surface area contributed by atoms with Crippen molar-refractivity contribution >= 4 is 25.9 Å². The predicted molar refractivity (Wildman–Crippen MR) is 109 cm³/mol. The molecule has 0 spiro atoms. The van der Waals surface area contributed by atoms with Gasteiger partial charge in [0.2, 0.25) is 12.0 Å². The van der Waals surface area contributed by atoms with Crippen LogP contribution in [0.25, 0.3) is 0 Å². The van der Waals surface area contributed by atoms with Gasteiger partial charge in [0.05, 0.1) is 23.8 Å². The Morgan fingerprint density at radius 1 is 1.14 bits per heavy atom. The summed E-state index contributed by atoms with van der Waals surface area (Å²) >= 11 is 0. The van der Waals surface area contributed by atoms with Gasteiger partial charge in [-0.05, 0) is 31.2 Å². The molecule has 0 saturated heterocycles. The highest BCUT2D eigenvalue weighted by Gasteiger charge is 2.48. The minimum Gasteiger partial charge on any atom is -0.460 e. The number of ether oxygens (including phenoxy) is 3. The van der Waals surface area contributed by atoms with Gasteiger partial charge in [-0.3, -0.25) is 14.5 Å². The molecule has 0 saturated carbocycles. The molecule has 0 fully saturated rings. The third-order valence-electron chi connectivity index (χ3n) is 5.03. The van der Waals surface area contributed by atoms with Gasteiger partial charge in [-0.2, -0.15) is 0 Å². The minimum atomic E-state index is -1.64. The van der Waals surface area contributed by atoms with Crippen LogP contribution in [-0.4, -0.2) is 56.8 Å². The SMILES string of the molecule is CCOC(=O)C1=C[C@H](N2C(=O)c3ccccc3C2=O)[C@@H](C[Si](C)(C)C)[C@@H](OC)O1. The molecule has 29 heavy (non-hydrogen) atoms. The molecule has 1 aromatic carbocycles. The molecule has 2 aliphatic rings. The average molecular weight is 418 g/mol. The highest BCUT2D eigenvalue weighted by atomic mass is 28.3. The Labute approximate surface area is 171 Å². The van der Waals surface area contributed by atoms with E-state index in [1.54, 1.807) is 37.3 Å². The molecule has 0 bridgehead atoms. The Morgan fingerprint density at radius 2 is 1.72 bits per heavy atom. The summed E-state index contributed by atoms with van der Waals surface area (Å²) in [5, 5.41) is 0. The quantitative estimate of drug-likeness (QED) is 0.402. The zero-order valence-electron chi connectivity index (χ0n) is 17.4. The lowest BCUT2D eigenvalue weighted by Gasteiger charge is -2.41. The van der Waals surface area contributed by atoms with Crippen molar-refractivity contribution in [1.82, 2.24) is 4.90 Å². The number of hydrogen-bond donors (Lipinski definition) is 0. The van der Waals surface area contributed by atoms with Crippen molar-refractivity contribution in [2.24, 2.45) is 5.92 Å². The molecule has 0 aromatic heterocycles. The number of methoxy groups -OCH3 is 1. The Kier molecular flexibility index (Phi) is 5.95. The van der Waals surface area contributed by atoms with Crippen LogP contribution in [0, 0.1) is 5.92 Å². The van der Waals surface area contributed by atoms with Crippen molar-refractivity contribution in [2.75, 3.05) is 13.7 Å². The first-order valence-corrected chi connectivity index (χ1v) is 13.4. The first-order chi connectivity index (χ1) is 13.7. The van der Waals surface area contributed by atoms with Crippen LogP contribution < -0.4 is 0 Å². The lowest BCUT2D eigenvalue weighted by molar-refractivity contribution is -0.167. The van der Waals surface area contributed by atoms with Crippen LogP contribution in [-0.2, 0) is 19.0 Å². The van der Waals surface area contributed by atoms with Gasteiger partial charge in [0.25, 0.3) is 11.8 Å². The molecule has 1 aromatic rings. The first-order valence-electron chi connectivity index (χ1n) is 9.73. The van der Waals surface area contributed by atoms with Crippen molar-refractivity contribution in [2.45, 2.75) is 44.9 Å². The molecule has 0 N–H and O–H groups in total. The molecule has 156 valence electrons. The number of amides is 2. The molecular weight excluding hydrogens is 390 g/mol. The zero-order chi connectivity index (χ0) is 21.3. The number of hydrogen-bond acceptors (Lipinski definition) is 6. The molecule has 2 heterocycles. The molecule has 2 amide bonds. The maximum Gasteiger partial charge on any atom is 0.373 e. The van der Waals surface area contributed by atoms with Gasteiger partial charge in [0.1, 0.15) is 0 Å². The maximum absolute atomic E-state index is 13.1. The topological polar surface area (TPSA) is 82.1 Å². The molecule has 3 atom stereocenters. The lowest BCUT2D eigenvalue weighted by Crippen LogP contribution is -2.52. The number of rotatable bonds is 6. The van der Waals surface area contributed by atoms with Gasteiger partial charge >= 0.3 is 5.97 Å². The highest BCUT2D eigenvalue weighted by Crippen LogP contribution is 2.37. The second-order valence-corrected chi connectivity index (χ2v) is 13.9. The first kappa shape index (κ1) is 21.3. The van der Waals surface area contributed by atoms with E-state index in [0.717, 1.165) is 6.04 Å². The van der Waals surface area contributed by atoms with Crippen LogP contribution in [0.15, 0.2) is 36.1 Å². The fourth-order valence-electron chi connectivity index (χ4n) is 3.90. The largest absolute Gasteiger partial charge is 0.460 e. The third kappa shape index (κ3) is 4.13. The van der Waals surface area contributed by atoms with Gasteiger partial charge < -0.3 is 14.2 Å². The fourth-order valence-corrected chi connectivity index (χ4v) is 5.75. The standard InChI is InChI=1S/C21H27NO6Si/c1-6-27-20(25)17-11-16(15(12-29(3,4)5)21(26-2)28-17)22-18(23)13-9-7-8-10-14(13)19(22)24/h7-11,15-16,21H,6,12H2,1-5H3/t15-,16+,21+/m1/s1. The van der Waals surface area contributed by atoms with E-state index in [9.17, 15) is 14.4 Å². The summed E-state index contributed by atoms with van der Waals surface area (Å²) in [5.41, 5.74) is 0.742. The molecule has 7 nitrogen and oxygen atoms in total. The average Bonchev–Trinajstić information content (AvgIpc) is 2.92. The Bertz CT molecular complexity index is 824. The number of imide groups is 1. The maximum atomic E-state index is 13.1. The van der Waals surface area contributed by atoms with E-state index < -0.39 is 26.4 Å². The predicted octanol–water partition coefficient (Wildman–Crippen LogP) is 3.06. The smallest absolute Gasteiger partial charge is 0.373 e. The normalized spacial score (nSPS) is 24.1. The minimum absolute atomic E-state index is 0.0351. The van der Waals surface area contributed by atoms with Gasteiger partial charge in [0.15, 0.2) is 0 Å². The number of benzene rings is 1. The number of nitrogens with zero attached hydrogens (tertiary/aromatic N) is 1. The van der Waals surface area contributed by atoms with E-state index in [1.165, 1.54) is 12.0 Å². The van der Waals surface area contributed by atoms with Crippen molar-refractivity contribution in [1.29, 1.82) is 0 Å². The molecule has 3 rings (SSSR count). The van der Waals surface area contributed by atoms with Crippen LogP contribution in [0.3, 0.4) is 0 Å². The van der Waals surface area contributed by atoms with E-state index in [4.69, 9.17) is 14.2 Å². The van der Waals surface area contributed by atoms with E-state index in [1.807, 2.05) is 0 Å². The number of carbonyl (C=O) groups excluding carboxylic acids is 3. The molecule has 8 heteroatoms. The van der Waals surface area contributed by atoms with Crippen LogP contribution in [0.4, 0.5) is 0 Å². The highest BCUT2D eigenvalue weighted by molar-refractivity contribution is 6.76. The fraction of sp³-hybridized carbons (Fsp3) is 0.476. The Hall–Kier alpha value is -2.45. The second-order valence-electron chi connectivity index (χ2n) is 8.42. The number of carbonyl (C=O) groups is 3. The lowest BCUT2D eigenvalue weighted by atomic mass is 9.95. The second kappa shape index (κ2) is 8.12. The summed E-state index contributed by atoms with van der Waals surface area (Å²) < 4.78 is 16.4. The van der Waals surface area contributed by atoms with E-state index in [2.05, 4.69) is 19.6 Å². The summed E-state index contributed by atoms with van der Waals surface area (Å²) in [4.78, 5) is 39.8. The van der Waals surface area contributed by atoms with Crippen LogP contribution >= 0.6 is 0 Å². The number of fused-ring (bicyclic) bond motifs is 1. The summed E-state index contributed by atoms with van der Waals surface area (Å²) in [6.45, 7) is 8.48.